The number of hydrogen-bond donors (Lipinski definition) is 2. The molecule has 4 heteroatoms. The van der Waals surface area contributed by atoms with Crippen LogP contribution in [-0.4, -0.2) is 5.91 Å². The molecule has 0 radical (unpaired) electrons. The molecule has 0 fully saturated rings. The highest BCUT2D eigenvalue weighted by molar-refractivity contribution is 5.92. The van der Waals surface area contributed by atoms with E-state index in [1.54, 1.807) is 30.3 Å². The first-order chi connectivity index (χ1) is 8.54. The molecule has 2 aromatic rings. The van der Waals surface area contributed by atoms with E-state index >= 15 is 0 Å². The average Bonchev–Trinajstić information content (AvgIpc) is 2.28. The Labute approximate surface area is 105 Å². The molecule has 1 amide bonds. The zero-order valence-electron chi connectivity index (χ0n) is 10.0. The summed E-state index contributed by atoms with van der Waals surface area (Å²) in [5.41, 5.74) is 13.0. The SMILES string of the molecule is Cc1cc(N)cc(Oc2ccc(C(N)=O)cc2)c1. The number of nitrogens with two attached hydrogens (primary N) is 2. The van der Waals surface area contributed by atoms with Crippen LogP contribution < -0.4 is 16.2 Å². The quantitative estimate of drug-likeness (QED) is 0.811. The van der Waals surface area contributed by atoms with E-state index in [9.17, 15) is 4.79 Å². The van der Waals surface area contributed by atoms with Gasteiger partial charge in [0.05, 0.1) is 0 Å². The predicted molar refractivity (Wildman–Crippen MR) is 70.6 cm³/mol. The predicted octanol–water partition coefficient (Wildman–Crippen LogP) is 2.47. The van der Waals surface area contributed by atoms with E-state index in [-0.39, 0.29) is 0 Å². The summed E-state index contributed by atoms with van der Waals surface area (Å²) in [6, 6.07) is 12.1. The molecular weight excluding hydrogens is 228 g/mol. The van der Waals surface area contributed by atoms with E-state index < -0.39 is 5.91 Å². The first kappa shape index (κ1) is 12.0. The number of nitrogen functional groups attached to an aromatic ring is 1. The highest BCUT2D eigenvalue weighted by Gasteiger charge is 2.02. The minimum absolute atomic E-state index is 0.450. The molecule has 0 aliphatic heterocycles. The van der Waals surface area contributed by atoms with Crippen molar-refractivity contribution in [3.63, 3.8) is 0 Å². The highest BCUT2D eigenvalue weighted by Crippen LogP contribution is 2.24. The Balaban J connectivity index is 2.20. The lowest BCUT2D eigenvalue weighted by molar-refractivity contribution is 0.100. The van der Waals surface area contributed by atoms with E-state index in [2.05, 4.69) is 0 Å². The van der Waals surface area contributed by atoms with Crippen LogP contribution in [0.3, 0.4) is 0 Å². The summed E-state index contributed by atoms with van der Waals surface area (Å²) in [6.45, 7) is 1.94. The second kappa shape index (κ2) is 4.79. The van der Waals surface area contributed by atoms with Crippen LogP contribution in [0.2, 0.25) is 0 Å². The van der Waals surface area contributed by atoms with Gasteiger partial charge in [-0.3, -0.25) is 4.79 Å². The van der Waals surface area contributed by atoms with Crippen molar-refractivity contribution in [2.75, 3.05) is 5.73 Å². The van der Waals surface area contributed by atoms with Crippen LogP contribution in [0.1, 0.15) is 15.9 Å². The molecule has 0 heterocycles. The van der Waals surface area contributed by atoms with Gasteiger partial charge in [-0.15, -0.1) is 0 Å². The third-order valence-electron chi connectivity index (χ3n) is 2.45. The summed E-state index contributed by atoms with van der Waals surface area (Å²) in [5, 5.41) is 0. The third-order valence-corrected chi connectivity index (χ3v) is 2.45. The molecule has 0 unspecified atom stereocenters. The summed E-state index contributed by atoms with van der Waals surface area (Å²) in [6.07, 6.45) is 0. The van der Waals surface area contributed by atoms with Crippen molar-refractivity contribution in [2.45, 2.75) is 6.92 Å². The fourth-order valence-corrected chi connectivity index (χ4v) is 1.66. The van der Waals surface area contributed by atoms with Gasteiger partial charge in [-0.2, -0.15) is 0 Å². The lowest BCUT2D eigenvalue weighted by atomic mass is 10.2. The van der Waals surface area contributed by atoms with Crippen LogP contribution in [0.25, 0.3) is 0 Å². The molecule has 0 bridgehead atoms. The zero-order chi connectivity index (χ0) is 13.1. The standard InChI is InChI=1S/C14H14N2O2/c1-9-6-11(15)8-13(7-9)18-12-4-2-10(3-5-12)14(16)17/h2-8H,15H2,1H3,(H2,16,17). The number of benzene rings is 2. The summed E-state index contributed by atoms with van der Waals surface area (Å²) in [7, 11) is 0. The minimum Gasteiger partial charge on any atom is -0.457 e. The lowest BCUT2D eigenvalue weighted by Gasteiger charge is -2.08. The van der Waals surface area contributed by atoms with Gasteiger partial charge in [0.1, 0.15) is 11.5 Å². The average molecular weight is 242 g/mol. The normalized spacial score (nSPS) is 10.1. The van der Waals surface area contributed by atoms with Gasteiger partial charge in [0.15, 0.2) is 0 Å². The summed E-state index contributed by atoms with van der Waals surface area (Å²) in [5.74, 6) is 0.839. The van der Waals surface area contributed by atoms with E-state index in [1.807, 2.05) is 19.1 Å². The molecule has 2 aromatic carbocycles. The molecule has 0 aliphatic carbocycles. The number of rotatable bonds is 3. The number of aryl methyl sites for hydroxylation is 1. The molecule has 0 aromatic heterocycles. The number of primary amides is 1. The second-order valence-corrected chi connectivity index (χ2v) is 4.07. The topological polar surface area (TPSA) is 78.3 Å². The lowest BCUT2D eigenvalue weighted by Crippen LogP contribution is -2.10. The molecule has 18 heavy (non-hydrogen) atoms. The monoisotopic (exact) mass is 242 g/mol. The van der Waals surface area contributed by atoms with Crippen molar-refractivity contribution >= 4 is 11.6 Å². The van der Waals surface area contributed by atoms with Crippen LogP contribution in [-0.2, 0) is 0 Å². The van der Waals surface area contributed by atoms with E-state index in [0.29, 0.717) is 22.7 Å². The van der Waals surface area contributed by atoms with Gasteiger partial charge < -0.3 is 16.2 Å². The molecule has 4 nitrogen and oxygen atoms in total. The maximum absolute atomic E-state index is 10.9. The molecule has 0 spiro atoms. The molecule has 0 saturated heterocycles. The van der Waals surface area contributed by atoms with Crippen LogP contribution >= 0.6 is 0 Å². The van der Waals surface area contributed by atoms with Gasteiger partial charge in [0.2, 0.25) is 5.91 Å². The highest BCUT2D eigenvalue weighted by atomic mass is 16.5. The molecule has 0 atom stereocenters. The van der Waals surface area contributed by atoms with Crippen LogP contribution in [0.5, 0.6) is 11.5 Å². The Kier molecular flexibility index (Phi) is 3.19. The second-order valence-electron chi connectivity index (χ2n) is 4.07. The number of amides is 1. The maximum atomic E-state index is 10.9. The largest absolute Gasteiger partial charge is 0.457 e. The summed E-state index contributed by atoms with van der Waals surface area (Å²) >= 11 is 0. The Morgan fingerprint density at radius 2 is 1.72 bits per heavy atom. The Morgan fingerprint density at radius 3 is 2.28 bits per heavy atom. The van der Waals surface area contributed by atoms with Crippen molar-refractivity contribution in [2.24, 2.45) is 5.73 Å². The van der Waals surface area contributed by atoms with Gasteiger partial charge in [-0.1, -0.05) is 0 Å². The Hall–Kier alpha value is -2.49. The van der Waals surface area contributed by atoms with Crippen molar-refractivity contribution in [3.8, 4) is 11.5 Å². The van der Waals surface area contributed by atoms with Gasteiger partial charge in [-0.05, 0) is 48.9 Å². The van der Waals surface area contributed by atoms with Crippen molar-refractivity contribution in [1.82, 2.24) is 0 Å². The fourth-order valence-electron chi connectivity index (χ4n) is 1.66. The van der Waals surface area contributed by atoms with Gasteiger partial charge in [0, 0.05) is 17.3 Å². The van der Waals surface area contributed by atoms with Gasteiger partial charge in [0.25, 0.3) is 0 Å². The minimum atomic E-state index is -0.457. The summed E-state index contributed by atoms with van der Waals surface area (Å²) < 4.78 is 5.64. The number of hydrogen-bond acceptors (Lipinski definition) is 3. The van der Waals surface area contributed by atoms with E-state index in [1.165, 1.54) is 0 Å². The van der Waals surface area contributed by atoms with Crippen LogP contribution in [0.15, 0.2) is 42.5 Å². The first-order valence-corrected chi connectivity index (χ1v) is 5.49. The number of anilines is 1. The first-order valence-electron chi connectivity index (χ1n) is 5.49. The number of carbonyl (C=O) groups is 1. The molecular formula is C14H14N2O2. The third kappa shape index (κ3) is 2.79. The van der Waals surface area contributed by atoms with Gasteiger partial charge >= 0.3 is 0 Å². The van der Waals surface area contributed by atoms with Crippen LogP contribution in [0, 0.1) is 6.92 Å². The zero-order valence-corrected chi connectivity index (χ0v) is 10.0. The molecule has 0 saturated carbocycles. The van der Waals surface area contributed by atoms with Crippen molar-refractivity contribution in [1.29, 1.82) is 0 Å². The van der Waals surface area contributed by atoms with E-state index in [4.69, 9.17) is 16.2 Å². The smallest absolute Gasteiger partial charge is 0.248 e. The van der Waals surface area contributed by atoms with E-state index in [0.717, 1.165) is 5.56 Å². The molecule has 0 aliphatic rings. The number of ether oxygens (including phenoxy) is 1. The van der Waals surface area contributed by atoms with Crippen molar-refractivity contribution in [3.05, 3.63) is 53.6 Å². The number of carbonyl (C=O) groups excluding carboxylic acids is 1. The Bertz CT molecular complexity index is 557. The van der Waals surface area contributed by atoms with Crippen LogP contribution in [0.4, 0.5) is 5.69 Å². The fraction of sp³-hybridized carbons (Fsp3) is 0.0714. The van der Waals surface area contributed by atoms with Crippen molar-refractivity contribution < 1.29 is 9.53 Å². The summed E-state index contributed by atoms with van der Waals surface area (Å²) in [4.78, 5) is 10.9. The maximum Gasteiger partial charge on any atom is 0.248 e. The molecule has 4 N–H and O–H groups in total. The molecule has 2 rings (SSSR count). The van der Waals surface area contributed by atoms with Gasteiger partial charge in [-0.25, -0.2) is 0 Å². The Morgan fingerprint density at radius 1 is 1.06 bits per heavy atom. The molecule has 92 valence electrons.